The molecule has 1 fully saturated rings. The van der Waals surface area contributed by atoms with Gasteiger partial charge in [-0.2, -0.15) is 0 Å². The quantitative estimate of drug-likeness (QED) is 0.428. The minimum atomic E-state index is -0.318. The van der Waals surface area contributed by atoms with Gasteiger partial charge in [0, 0.05) is 6.20 Å². The zero-order chi connectivity index (χ0) is 8.06. The maximum Gasteiger partial charge on any atom is 0.230 e. The first-order valence-electron chi connectivity index (χ1n) is 3.46. The predicted molar refractivity (Wildman–Crippen MR) is 46.2 cm³/mol. The maximum absolute atomic E-state index is 10.9. The van der Waals surface area contributed by atoms with Crippen molar-refractivity contribution in [3.8, 4) is 0 Å². The van der Waals surface area contributed by atoms with Crippen LogP contribution in [0.1, 0.15) is 13.3 Å². The SMILES string of the molecule is CC1(Cl)C=CN2C(=O)C[C@H]2S1. The molecule has 0 radical (unpaired) electrons. The summed E-state index contributed by atoms with van der Waals surface area (Å²) >= 11 is 7.68. The largest absolute Gasteiger partial charge is 0.306 e. The molecule has 2 heterocycles. The van der Waals surface area contributed by atoms with Gasteiger partial charge in [-0.15, -0.1) is 23.4 Å². The van der Waals surface area contributed by atoms with Gasteiger partial charge in [-0.3, -0.25) is 4.79 Å². The standard InChI is InChI=1S/C7H8ClNOS/c1-7(8)2-3-9-5(10)4-6(9)11-7/h2-3,6H,4H2,1H3/t6-,7?/m1/s1. The van der Waals surface area contributed by atoms with Gasteiger partial charge in [0.15, 0.2) is 0 Å². The number of nitrogens with zero attached hydrogens (tertiary/aromatic N) is 1. The molecule has 0 aromatic carbocycles. The lowest BCUT2D eigenvalue weighted by Crippen LogP contribution is -2.50. The van der Waals surface area contributed by atoms with Crippen molar-refractivity contribution in [3.63, 3.8) is 0 Å². The lowest BCUT2D eigenvalue weighted by Gasteiger charge is -2.43. The van der Waals surface area contributed by atoms with E-state index in [1.807, 2.05) is 13.0 Å². The van der Waals surface area contributed by atoms with Crippen LogP contribution in [0.3, 0.4) is 0 Å². The summed E-state index contributed by atoms with van der Waals surface area (Å²) in [5, 5.41) is 0.287. The van der Waals surface area contributed by atoms with E-state index in [-0.39, 0.29) is 15.5 Å². The van der Waals surface area contributed by atoms with E-state index in [2.05, 4.69) is 0 Å². The average Bonchev–Trinajstić information content (AvgIpc) is 1.84. The van der Waals surface area contributed by atoms with Crippen LogP contribution in [0.2, 0.25) is 0 Å². The number of amides is 1. The number of halogens is 1. The van der Waals surface area contributed by atoms with Gasteiger partial charge in [-0.1, -0.05) is 0 Å². The van der Waals surface area contributed by atoms with Gasteiger partial charge >= 0.3 is 0 Å². The van der Waals surface area contributed by atoms with E-state index in [9.17, 15) is 4.79 Å². The minimum Gasteiger partial charge on any atom is -0.306 e. The van der Waals surface area contributed by atoms with Crippen molar-refractivity contribution >= 4 is 29.3 Å². The van der Waals surface area contributed by atoms with Gasteiger partial charge in [-0.05, 0) is 13.0 Å². The van der Waals surface area contributed by atoms with Gasteiger partial charge < -0.3 is 4.90 Å². The number of fused-ring (bicyclic) bond motifs is 1. The lowest BCUT2D eigenvalue weighted by atomic mass is 10.2. The van der Waals surface area contributed by atoms with Crippen molar-refractivity contribution < 1.29 is 4.79 Å². The third-order valence-electron chi connectivity index (χ3n) is 1.85. The molecule has 2 aliphatic heterocycles. The Balaban J connectivity index is 2.18. The number of hydrogen-bond donors (Lipinski definition) is 0. The van der Waals surface area contributed by atoms with Gasteiger partial charge in [0.1, 0.15) is 4.21 Å². The summed E-state index contributed by atoms with van der Waals surface area (Å²) in [4.78, 5) is 12.6. The second kappa shape index (κ2) is 2.17. The van der Waals surface area contributed by atoms with E-state index in [0.29, 0.717) is 6.42 Å². The summed E-state index contributed by atoms with van der Waals surface area (Å²) in [6.45, 7) is 1.94. The molecule has 11 heavy (non-hydrogen) atoms. The number of alkyl halides is 1. The molecular weight excluding hydrogens is 182 g/mol. The molecule has 2 nitrogen and oxygen atoms in total. The molecule has 0 aromatic heterocycles. The fourth-order valence-corrected chi connectivity index (χ4v) is 2.76. The number of thioether (sulfide) groups is 1. The third kappa shape index (κ3) is 1.16. The summed E-state index contributed by atoms with van der Waals surface area (Å²) in [7, 11) is 0. The molecule has 60 valence electrons. The van der Waals surface area contributed by atoms with Gasteiger partial charge in [0.05, 0.1) is 11.8 Å². The van der Waals surface area contributed by atoms with E-state index in [4.69, 9.17) is 11.6 Å². The molecule has 2 rings (SSSR count). The first-order chi connectivity index (χ1) is 5.08. The monoisotopic (exact) mass is 189 g/mol. The molecule has 1 saturated heterocycles. The average molecular weight is 190 g/mol. The Bertz CT molecular complexity index is 239. The van der Waals surface area contributed by atoms with Crippen LogP contribution >= 0.6 is 23.4 Å². The highest BCUT2D eigenvalue weighted by Gasteiger charge is 2.42. The van der Waals surface area contributed by atoms with E-state index in [0.717, 1.165) is 0 Å². The molecular formula is C7H8ClNOS. The second-order valence-electron chi connectivity index (χ2n) is 2.88. The van der Waals surface area contributed by atoms with Crippen LogP contribution in [0.15, 0.2) is 12.3 Å². The van der Waals surface area contributed by atoms with Crippen LogP contribution in [0, 0.1) is 0 Å². The Morgan fingerprint density at radius 2 is 2.64 bits per heavy atom. The number of rotatable bonds is 0. The van der Waals surface area contributed by atoms with Crippen LogP contribution < -0.4 is 0 Å². The summed E-state index contributed by atoms with van der Waals surface area (Å²) in [5.74, 6) is 0.200. The number of carbonyl (C=O) groups excluding carboxylic acids is 1. The molecule has 1 amide bonds. The summed E-state index contributed by atoms with van der Waals surface area (Å²) in [5.41, 5.74) is 0. The fourth-order valence-electron chi connectivity index (χ4n) is 1.20. The van der Waals surface area contributed by atoms with E-state index < -0.39 is 0 Å². The Morgan fingerprint density at radius 1 is 1.91 bits per heavy atom. The predicted octanol–water partition coefficient (Wildman–Crippen LogP) is 1.76. The zero-order valence-corrected chi connectivity index (χ0v) is 7.65. The van der Waals surface area contributed by atoms with Crippen molar-refractivity contribution in [3.05, 3.63) is 12.3 Å². The molecule has 0 aliphatic carbocycles. The van der Waals surface area contributed by atoms with Crippen molar-refractivity contribution in [1.29, 1.82) is 0 Å². The molecule has 0 aromatic rings. The van der Waals surface area contributed by atoms with Crippen molar-refractivity contribution in [2.75, 3.05) is 0 Å². The number of carbonyl (C=O) groups is 1. The van der Waals surface area contributed by atoms with E-state index in [1.54, 1.807) is 22.9 Å². The Kier molecular flexibility index (Phi) is 1.48. The first kappa shape index (κ1) is 7.50. The minimum absolute atomic E-state index is 0.200. The highest BCUT2D eigenvalue weighted by Crippen LogP contribution is 2.45. The maximum atomic E-state index is 10.9. The fraction of sp³-hybridized carbons (Fsp3) is 0.571. The summed E-state index contributed by atoms with van der Waals surface area (Å²) in [6, 6.07) is 0. The molecule has 4 heteroatoms. The smallest absolute Gasteiger partial charge is 0.230 e. The van der Waals surface area contributed by atoms with Gasteiger partial charge in [0.25, 0.3) is 0 Å². The topological polar surface area (TPSA) is 20.3 Å². The lowest BCUT2D eigenvalue weighted by molar-refractivity contribution is -0.137. The van der Waals surface area contributed by atoms with Crippen LogP contribution in [0.5, 0.6) is 0 Å². The number of hydrogen-bond acceptors (Lipinski definition) is 2. The molecule has 1 unspecified atom stereocenters. The van der Waals surface area contributed by atoms with Crippen LogP contribution in [0.25, 0.3) is 0 Å². The van der Waals surface area contributed by atoms with E-state index in [1.165, 1.54) is 0 Å². The summed E-state index contributed by atoms with van der Waals surface area (Å²) < 4.78 is -0.318. The van der Waals surface area contributed by atoms with Gasteiger partial charge in [0.2, 0.25) is 5.91 Å². The van der Waals surface area contributed by atoms with Crippen LogP contribution in [0.4, 0.5) is 0 Å². The molecule has 2 atom stereocenters. The molecule has 2 aliphatic rings. The molecule has 0 N–H and O–H groups in total. The Morgan fingerprint density at radius 3 is 3.18 bits per heavy atom. The summed E-state index contributed by atoms with van der Waals surface area (Å²) in [6.07, 6.45) is 4.28. The highest BCUT2D eigenvalue weighted by molar-refractivity contribution is 8.02. The van der Waals surface area contributed by atoms with Crippen molar-refractivity contribution in [1.82, 2.24) is 4.90 Å². The molecule has 0 saturated carbocycles. The highest BCUT2D eigenvalue weighted by atomic mass is 35.5. The Hall–Kier alpha value is -0.150. The van der Waals surface area contributed by atoms with Crippen molar-refractivity contribution in [2.24, 2.45) is 0 Å². The van der Waals surface area contributed by atoms with Gasteiger partial charge in [-0.25, -0.2) is 0 Å². The molecule has 0 bridgehead atoms. The molecule has 0 spiro atoms. The third-order valence-corrected chi connectivity index (χ3v) is 3.50. The van der Waals surface area contributed by atoms with E-state index >= 15 is 0 Å². The normalized spacial score (nSPS) is 41.8. The Labute approximate surface area is 74.6 Å². The van der Waals surface area contributed by atoms with Crippen LogP contribution in [-0.2, 0) is 4.79 Å². The number of β-lactam (4-membered cyclic amide) rings is 1. The second-order valence-corrected chi connectivity index (χ2v) is 5.52. The first-order valence-corrected chi connectivity index (χ1v) is 4.71. The zero-order valence-electron chi connectivity index (χ0n) is 6.08. The van der Waals surface area contributed by atoms with Crippen molar-refractivity contribution in [2.45, 2.75) is 22.9 Å². The van der Waals surface area contributed by atoms with Crippen LogP contribution in [-0.4, -0.2) is 20.4 Å².